The van der Waals surface area contributed by atoms with Crippen molar-refractivity contribution in [2.45, 2.75) is 96.3 Å². The number of hydrogen-bond donors (Lipinski definition) is 3. The van der Waals surface area contributed by atoms with Crippen LogP contribution in [0.5, 0.6) is 5.75 Å². The summed E-state index contributed by atoms with van der Waals surface area (Å²) in [7, 11) is -4.36. The van der Waals surface area contributed by atoms with Crippen molar-refractivity contribution in [3.8, 4) is 5.75 Å². The van der Waals surface area contributed by atoms with Crippen LogP contribution in [0, 0.1) is 5.41 Å². The average Bonchev–Trinajstić information content (AvgIpc) is 3.27. The van der Waals surface area contributed by atoms with E-state index in [0.29, 0.717) is 26.1 Å². The van der Waals surface area contributed by atoms with Crippen LogP contribution in [-0.2, 0) is 33.2 Å². The first-order valence-corrected chi connectivity index (χ1v) is 19.6. The number of hydrogen-bond acceptors (Lipinski definition) is 6. The fraction of sp³-hybridized carbons (Fsp3) is 0.500. The predicted molar refractivity (Wildman–Crippen MR) is 200 cm³/mol. The third-order valence-corrected chi connectivity index (χ3v) is 11.3. The van der Waals surface area contributed by atoms with Crippen LogP contribution in [0.25, 0.3) is 5.57 Å². The number of carbonyl (C=O) groups is 1. The molecular formula is C40H53ClN4O5S. The van der Waals surface area contributed by atoms with Crippen LogP contribution in [-0.4, -0.2) is 61.9 Å². The maximum absolute atomic E-state index is 12.1. The van der Waals surface area contributed by atoms with E-state index in [0.717, 1.165) is 91.2 Å². The molecular weight excluding hydrogens is 684 g/mol. The number of anilines is 1. The van der Waals surface area contributed by atoms with Crippen LogP contribution in [0.4, 0.5) is 11.4 Å². The zero-order valence-corrected chi connectivity index (χ0v) is 32.2. The second kappa shape index (κ2) is 15.3. The molecule has 11 heteroatoms. The molecule has 0 saturated heterocycles. The number of aryl methyl sites for hydroxylation is 1. The van der Waals surface area contributed by atoms with Crippen molar-refractivity contribution in [2.75, 3.05) is 37.6 Å². The number of nitrogens with zero attached hydrogens (tertiary/aromatic N) is 2. The Morgan fingerprint density at radius 3 is 2.57 bits per heavy atom. The molecule has 0 saturated carbocycles. The molecule has 0 spiro atoms. The maximum Gasteiger partial charge on any atom is 0.294 e. The van der Waals surface area contributed by atoms with Crippen LogP contribution >= 0.6 is 0 Å². The van der Waals surface area contributed by atoms with Gasteiger partial charge in [0.15, 0.2) is 5.71 Å². The van der Waals surface area contributed by atoms with Gasteiger partial charge in [-0.05, 0) is 87.8 Å². The number of benzene rings is 2. The number of nitrogens with one attached hydrogen (secondary N) is 1. The van der Waals surface area contributed by atoms with E-state index in [-0.39, 0.29) is 28.6 Å². The van der Waals surface area contributed by atoms with Crippen molar-refractivity contribution in [3.63, 3.8) is 0 Å². The molecule has 0 fully saturated rings. The van der Waals surface area contributed by atoms with Gasteiger partial charge in [0.1, 0.15) is 18.1 Å². The summed E-state index contributed by atoms with van der Waals surface area (Å²) in [5, 5.41) is 2.83. The Bertz CT molecular complexity index is 1920. The van der Waals surface area contributed by atoms with Gasteiger partial charge in [-0.2, -0.15) is 13.0 Å². The summed E-state index contributed by atoms with van der Waals surface area (Å²) in [6.07, 6.45) is 16.0. The van der Waals surface area contributed by atoms with E-state index in [1.54, 1.807) is 12.1 Å². The van der Waals surface area contributed by atoms with Crippen molar-refractivity contribution in [3.05, 3.63) is 76.6 Å². The molecule has 2 aromatic carbocycles. The van der Waals surface area contributed by atoms with E-state index in [1.165, 1.54) is 29.3 Å². The molecule has 4 aliphatic heterocycles. The van der Waals surface area contributed by atoms with Crippen LogP contribution in [0.1, 0.15) is 95.4 Å². The highest BCUT2D eigenvalue weighted by molar-refractivity contribution is 7.85. The Balaban J connectivity index is 0.00000504. The molecule has 0 radical (unpaired) electrons. The summed E-state index contributed by atoms with van der Waals surface area (Å²) < 4.78 is 43.1. The third-order valence-electron chi connectivity index (χ3n) is 10.5. The Morgan fingerprint density at radius 1 is 1.12 bits per heavy atom. The Hall–Kier alpha value is -3.44. The fourth-order valence-electron chi connectivity index (χ4n) is 7.86. The summed E-state index contributed by atoms with van der Waals surface area (Å²) in [5.41, 5.74) is 14.0. The second-order valence-corrected chi connectivity index (χ2v) is 17.0. The van der Waals surface area contributed by atoms with Gasteiger partial charge in [0.25, 0.3) is 10.1 Å². The molecule has 4 heterocycles. The molecule has 276 valence electrons. The molecule has 6 rings (SSSR count). The Kier molecular flexibility index (Phi) is 11.6. The summed E-state index contributed by atoms with van der Waals surface area (Å²) >= 11 is 0. The zero-order chi connectivity index (χ0) is 35.8. The molecule has 4 aliphatic rings. The van der Waals surface area contributed by atoms with E-state index in [4.69, 9.17) is 10.5 Å². The van der Waals surface area contributed by atoms with E-state index >= 15 is 0 Å². The molecule has 9 nitrogen and oxygen atoms in total. The monoisotopic (exact) mass is 736 g/mol. The maximum atomic E-state index is 12.1. The normalized spacial score (nSPS) is 18.5. The van der Waals surface area contributed by atoms with Gasteiger partial charge in [0.2, 0.25) is 11.6 Å². The van der Waals surface area contributed by atoms with Gasteiger partial charge in [0, 0.05) is 79.0 Å². The lowest BCUT2D eigenvalue weighted by atomic mass is 9.81. The molecule has 2 aromatic rings. The van der Waals surface area contributed by atoms with E-state index in [2.05, 4.69) is 79.8 Å². The highest BCUT2D eigenvalue weighted by atomic mass is 35.5. The third kappa shape index (κ3) is 7.99. The standard InChI is InChI=1S/C40H52N4O5S.ClH/c1-39(2,3)35-25-27(31-24-28-13-10-21-43-22-11-14-30(37(28)43)38(31)49-35)12-9-15-34-40(4,5)32-26-29(50(46,47)48)17-18-33(32)44(34)23-8-6-7-16-36(45)42-20-19-41;/h9,12,15,17-18,24-26H,6-8,10-11,13-14,16,19-23,41H2,1-5H3,(H-,42,45,46,47,48);1H. The minimum absolute atomic E-state index is 0. The van der Waals surface area contributed by atoms with Crippen molar-refractivity contribution in [1.82, 2.24) is 5.32 Å². The van der Waals surface area contributed by atoms with Gasteiger partial charge in [-0.1, -0.05) is 32.9 Å². The number of nitrogens with two attached hydrogens (primary N) is 1. The van der Waals surface area contributed by atoms with Gasteiger partial charge in [-0.15, -0.1) is 0 Å². The quantitative estimate of drug-likeness (QED) is 0.183. The first kappa shape index (κ1) is 38.8. The number of rotatable bonds is 11. The minimum atomic E-state index is -4.36. The van der Waals surface area contributed by atoms with Crippen LogP contribution in [0.3, 0.4) is 0 Å². The number of halogens is 1. The molecule has 0 atom stereocenters. The van der Waals surface area contributed by atoms with Crippen molar-refractivity contribution in [2.24, 2.45) is 11.1 Å². The van der Waals surface area contributed by atoms with Crippen LogP contribution in [0.15, 0.2) is 59.2 Å². The van der Waals surface area contributed by atoms with Gasteiger partial charge >= 0.3 is 0 Å². The van der Waals surface area contributed by atoms with Crippen molar-refractivity contribution in [1.29, 1.82) is 0 Å². The van der Waals surface area contributed by atoms with Gasteiger partial charge in [-0.3, -0.25) is 9.35 Å². The zero-order valence-electron chi connectivity index (χ0n) is 30.6. The second-order valence-electron chi connectivity index (χ2n) is 15.5. The molecule has 0 aromatic heterocycles. The minimum Gasteiger partial charge on any atom is -1.00 e. The largest absolute Gasteiger partial charge is 1.00 e. The topological polar surface area (TPSA) is 125 Å². The number of amides is 1. The molecule has 4 N–H and O–H groups in total. The van der Waals surface area contributed by atoms with E-state index in [9.17, 15) is 17.8 Å². The van der Waals surface area contributed by atoms with Gasteiger partial charge in [-0.25, -0.2) is 0 Å². The van der Waals surface area contributed by atoms with Crippen molar-refractivity contribution >= 4 is 38.7 Å². The first-order valence-electron chi connectivity index (χ1n) is 18.2. The number of carbonyl (C=O) groups excluding carboxylic acids is 1. The molecule has 1 amide bonds. The summed E-state index contributed by atoms with van der Waals surface area (Å²) in [6.45, 7) is 14.6. The lowest BCUT2D eigenvalue weighted by molar-refractivity contribution is -0.438. The van der Waals surface area contributed by atoms with Gasteiger partial charge in [0.05, 0.1) is 10.3 Å². The number of allylic oxidation sites excluding steroid dienone is 6. The SMILES string of the molecule is CC(C)(C)C1=C/C(=C\C=C\C2=[N+](CCCCCC(=O)NCCN)c3ccc(S(=O)(=O)O)cc3C2(C)C)c2cc3c4c(c2O1)CCCN4CCC3.[Cl-]. The van der Waals surface area contributed by atoms with Gasteiger partial charge < -0.3 is 33.1 Å². The highest BCUT2D eigenvalue weighted by Crippen LogP contribution is 2.49. The predicted octanol–water partition coefficient (Wildman–Crippen LogP) is 3.61. The smallest absolute Gasteiger partial charge is 0.294 e. The summed E-state index contributed by atoms with van der Waals surface area (Å²) in [4.78, 5) is 14.5. The molecule has 0 aliphatic carbocycles. The first-order chi connectivity index (χ1) is 23.7. The molecule has 0 bridgehead atoms. The lowest BCUT2D eigenvalue weighted by Gasteiger charge is -2.40. The highest BCUT2D eigenvalue weighted by Gasteiger charge is 2.45. The summed E-state index contributed by atoms with van der Waals surface area (Å²) in [5.74, 6) is 1.97. The fourth-order valence-corrected chi connectivity index (χ4v) is 8.37. The van der Waals surface area contributed by atoms with Crippen molar-refractivity contribution < 1.29 is 39.5 Å². The van der Waals surface area contributed by atoms with E-state index in [1.807, 2.05) is 0 Å². The molecule has 51 heavy (non-hydrogen) atoms. The summed E-state index contributed by atoms with van der Waals surface area (Å²) in [6, 6.07) is 7.22. The number of fused-ring (bicyclic) bond motifs is 3. The number of ether oxygens (including phenoxy) is 1. The average molecular weight is 737 g/mol. The van der Waals surface area contributed by atoms with Crippen LogP contribution < -0.4 is 33.1 Å². The molecule has 0 unspecified atom stereocenters. The lowest BCUT2D eigenvalue weighted by Crippen LogP contribution is -3.00. The van der Waals surface area contributed by atoms with E-state index < -0.39 is 15.5 Å². The Labute approximate surface area is 309 Å². The van der Waals surface area contributed by atoms with Crippen LogP contribution in [0.2, 0.25) is 0 Å². The number of unbranched alkanes of at least 4 members (excludes halogenated alkanes) is 2. The Morgan fingerprint density at radius 2 is 1.86 bits per heavy atom.